The number of benzene rings is 1. The van der Waals surface area contributed by atoms with E-state index in [0.717, 1.165) is 30.2 Å². The molecule has 2 heteroatoms. The maximum absolute atomic E-state index is 5.98. The molecule has 0 unspecified atom stereocenters. The van der Waals surface area contributed by atoms with Crippen LogP contribution in [0.3, 0.4) is 0 Å². The third-order valence-electron chi connectivity index (χ3n) is 7.03. The highest BCUT2D eigenvalue weighted by molar-refractivity contribution is 5.29. The van der Waals surface area contributed by atoms with Crippen LogP contribution < -0.4 is 4.74 Å². The second kappa shape index (κ2) is 11.1. The van der Waals surface area contributed by atoms with Crippen LogP contribution in [0.2, 0.25) is 0 Å². The summed E-state index contributed by atoms with van der Waals surface area (Å²) >= 11 is 0. The number of hydrogen-bond acceptors (Lipinski definition) is 2. The lowest BCUT2D eigenvalue weighted by Crippen LogP contribution is -2.31. The smallest absolute Gasteiger partial charge is 0.119 e. The van der Waals surface area contributed by atoms with Crippen molar-refractivity contribution >= 4 is 0 Å². The lowest BCUT2D eigenvalue weighted by Gasteiger charge is -2.32. The van der Waals surface area contributed by atoms with Crippen molar-refractivity contribution in [2.75, 3.05) is 20.7 Å². The number of nitrogens with zero attached hydrogens (tertiary/aromatic N) is 1. The summed E-state index contributed by atoms with van der Waals surface area (Å²) in [4.78, 5) is 2.39. The van der Waals surface area contributed by atoms with Crippen molar-refractivity contribution in [3.05, 3.63) is 29.8 Å². The lowest BCUT2D eigenvalue weighted by molar-refractivity contribution is 0.216. The first-order chi connectivity index (χ1) is 13.2. The zero-order valence-corrected chi connectivity index (χ0v) is 17.8. The summed E-state index contributed by atoms with van der Waals surface area (Å²) in [6.45, 7) is 0.873. The van der Waals surface area contributed by atoms with Crippen molar-refractivity contribution in [2.45, 2.75) is 95.4 Å². The van der Waals surface area contributed by atoms with Crippen LogP contribution in [0.15, 0.2) is 24.3 Å². The molecule has 0 bridgehead atoms. The van der Waals surface area contributed by atoms with Gasteiger partial charge < -0.3 is 9.64 Å². The van der Waals surface area contributed by atoms with Crippen LogP contribution in [-0.4, -0.2) is 31.6 Å². The van der Waals surface area contributed by atoms with E-state index in [9.17, 15) is 0 Å². The highest BCUT2D eigenvalue weighted by Crippen LogP contribution is 2.34. The summed E-state index contributed by atoms with van der Waals surface area (Å²) in [6, 6.07) is 9.77. The predicted molar refractivity (Wildman–Crippen MR) is 116 cm³/mol. The third kappa shape index (κ3) is 6.82. The highest BCUT2D eigenvalue weighted by Gasteiger charge is 2.23. The van der Waals surface area contributed by atoms with Gasteiger partial charge in [0.25, 0.3) is 0 Å². The van der Waals surface area contributed by atoms with Crippen molar-refractivity contribution in [1.82, 2.24) is 4.90 Å². The van der Waals surface area contributed by atoms with Crippen LogP contribution in [0.1, 0.15) is 95.0 Å². The lowest BCUT2D eigenvalue weighted by atomic mass is 9.81. The number of rotatable bonds is 9. The first-order valence-electron chi connectivity index (χ1n) is 11.6. The molecular formula is C25H41NO. The van der Waals surface area contributed by atoms with Gasteiger partial charge in [-0.2, -0.15) is 0 Å². The molecule has 1 aromatic rings. The molecule has 152 valence electrons. The fraction of sp³-hybridized carbons (Fsp3) is 0.760. The van der Waals surface area contributed by atoms with Gasteiger partial charge in [-0.1, -0.05) is 63.5 Å². The first kappa shape index (κ1) is 20.7. The summed E-state index contributed by atoms with van der Waals surface area (Å²) in [5.74, 6) is 2.82. The number of unbranched alkanes of at least 4 members (excludes halogenated alkanes) is 2. The maximum atomic E-state index is 5.98. The number of ether oxygens (including phenoxy) is 1. The Labute approximate surface area is 167 Å². The third-order valence-corrected chi connectivity index (χ3v) is 7.03. The Kier molecular flexibility index (Phi) is 8.51. The van der Waals surface area contributed by atoms with Crippen molar-refractivity contribution in [3.8, 4) is 5.75 Å². The quantitative estimate of drug-likeness (QED) is 0.443. The molecule has 0 spiro atoms. The summed E-state index contributed by atoms with van der Waals surface area (Å²) < 4.78 is 5.98. The van der Waals surface area contributed by atoms with Gasteiger partial charge in [0.05, 0.1) is 6.61 Å². The fourth-order valence-corrected chi connectivity index (χ4v) is 5.14. The summed E-state index contributed by atoms with van der Waals surface area (Å²) in [7, 11) is 4.43. The Morgan fingerprint density at radius 3 is 2.19 bits per heavy atom. The van der Waals surface area contributed by atoms with E-state index in [0.29, 0.717) is 0 Å². The van der Waals surface area contributed by atoms with Crippen molar-refractivity contribution in [1.29, 1.82) is 0 Å². The van der Waals surface area contributed by atoms with Gasteiger partial charge in [-0.15, -0.1) is 0 Å². The van der Waals surface area contributed by atoms with Gasteiger partial charge in [-0.3, -0.25) is 0 Å². The van der Waals surface area contributed by atoms with E-state index < -0.39 is 0 Å². The minimum absolute atomic E-state index is 0.745. The summed E-state index contributed by atoms with van der Waals surface area (Å²) in [5.41, 5.74) is 1.51. The van der Waals surface area contributed by atoms with E-state index >= 15 is 0 Å². The molecule has 2 aliphatic carbocycles. The summed E-state index contributed by atoms with van der Waals surface area (Å²) in [6.07, 6.45) is 18.1. The van der Waals surface area contributed by atoms with Gasteiger partial charge in [0.1, 0.15) is 5.75 Å². The van der Waals surface area contributed by atoms with Gasteiger partial charge in [0.2, 0.25) is 0 Å². The largest absolute Gasteiger partial charge is 0.494 e. The van der Waals surface area contributed by atoms with E-state index in [1.54, 1.807) is 0 Å². The molecule has 2 saturated carbocycles. The molecule has 3 rings (SSSR count). The van der Waals surface area contributed by atoms with E-state index in [1.165, 1.54) is 89.0 Å². The highest BCUT2D eigenvalue weighted by atomic mass is 16.5. The van der Waals surface area contributed by atoms with Crippen LogP contribution in [-0.2, 0) is 0 Å². The van der Waals surface area contributed by atoms with Crippen LogP contribution in [0.25, 0.3) is 0 Å². The molecule has 0 radical (unpaired) electrons. The second-order valence-electron chi connectivity index (χ2n) is 9.24. The molecule has 1 aromatic carbocycles. The standard InChI is InChI=1S/C25H41NO/c1-26(2)24-16-12-22(13-17-24)23-14-18-25(19-15-23)27-20-8-4-7-11-21-9-5-3-6-10-21/h14-15,18-19,21-22,24H,3-13,16-17,20H2,1-2H3. The minimum atomic E-state index is 0.745. The van der Waals surface area contributed by atoms with Crippen LogP contribution in [0, 0.1) is 5.92 Å². The molecule has 0 aromatic heterocycles. The first-order valence-corrected chi connectivity index (χ1v) is 11.6. The molecule has 0 atom stereocenters. The van der Waals surface area contributed by atoms with E-state index in [1.807, 2.05) is 0 Å². The molecule has 0 N–H and O–H groups in total. The Hall–Kier alpha value is -1.02. The molecule has 2 aliphatic rings. The zero-order chi connectivity index (χ0) is 18.9. The van der Waals surface area contributed by atoms with Gasteiger partial charge in [0, 0.05) is 6.04 Å². The molecular weight excluding hydrogens is 330 g/mol. The van der Waals surface area contributed by atoms with Gasteiger partial charge >= 0.3 is 0 Å². The number of hydrogen-bond donors (Lipinski definition) is 0. The molecule has 27 heavy (non-hydrogen) atoms. The average Bonchev–Trinajstić information content (AvgIpc) is 2.72. The Morgan fingerprint density at radius 1 is 0.815 bits per heavy atom. The molecule has 0 amide bonds. The molecule has 2 fully saturated rings. The fourth-order valence-electron chi connectivity index (χ4n) is 5.14. The van der Waals surface area contributed by atoms with Crippen LogP contribution >= 0.6 is 0 Å². The van der Waals surface area contributed by atoms with E-state index in [2.05, 4.69) is 43.3 Å². The minimum Gasteiger partial charge on any atom is -0.494 e. The Morgan fingerprint density at radius 2 is 1.52 bits per heavy atom. The van der Waals surface area contributed by atoms with Crippen molar-refractivity contribution in [2.24, 2.45) is 5.92 Å². The van der Waals surface area contributed by atoms with Gasteiger partial charge in [-0.05, 0) is 75.7 Å². The predicted octanol–water partition coefficient (Wildman–Crippen LogP) is 6.79. The zero-order valence-electron chi connectivity index (χ0n) is 17.8. The average molecular weight is 372 g/mol. The van der Waals surface area contributed by atoms with Gasteiger partial charge in [-0.25, -0.2) is 0 Å². The topological polar surface area (TPSA) is 12.5 Å². The summed E-state index contributed by atoms with van der Waals surface area (Å²) in [5, 5.41) is 0. The SMILES string of the molecule is CN(C)C1CCC(c2ccc(OCCCCCC3CCCCC3)cc2)CC1. The van der Waals surface area contributed by atoms with Crippen LogP contribution in [0.4, 0.5) is 0 Å². The van der Waals surface area contributed by atoms with Gasteiger partial charge in [0.15, 0.2) is 0 Å². The maximum Gasteiger partial charge on any atom is 0.119 e. The second-order valence-corrected chi connectivity index (χ2v) is 9.24. The monoisotopic (exact) mass is 371 g/mol. The molecule has 2 nitrogen and oxygen atoms in total. The molecule has 0 aliphatic heterocycles. The van der Waals surface area contributed by atoms with E-state index in [-0.39, 0.29) is 0 Å². The normalized spacial score (nSPS) is 24.3. The molecule has 0 heterocycles. The Bertz CT molecular complexity index is 510. The van der Waals surface area contributed by atoms with Crippen LogP contribution in [0.5, 0.6) is 5.75 Å². The van der Waals surface area contributed by atoms with Crippen molar-refractivity contribution < 1.29 is 4.74 Å². The molecule has 0 saturated heterocycles. The van der Waals surface area contributed by atoms with E-state index in [4.69, 9.17) is 4.74 Å². The Balaban J connectivity index is 1.29. The van der Waals surface area contributed by atoms with Crippen molar-refractivity contribution in [3.63, 3.8) is 0 Å².